The second-order valence-electron chi connectivity index (χ2n) is 7.60. The summed E-state index contributed by atoms with van der Waals surface area (Å²) < 4.78 is 39.4. The fraction of sp³-hybridized carbons (Fsp3) is 0.500. The van der Waals surface area contributed by atoms with Gasteiger partial charge in [0.2, 0.25) is 0 Å². The molecule has 1 saturated heterocycles. The van der Waals surface area contributed by atoms with E-state index in [1.807, 2.05) is 0 Å². The van der Waals surface area contributed by atoms with Crippen molar-refractivity contribution in [2.75, 3.05) is 13.1 Å². The van der Waals surface area contributed by atoms with Gasteiger partial charge in [0.25, 0.3) is 5.91 Å². The average Bonchev–Trinajstić information content (AvgIpc) is 3.34. The van der Waals surface area contributed by atoms with Gasteiger partial charge in [0.15, 0.2) is 0 Å². The molecule has 2 N–H and O–H groups in total. The van der Waals surface area contributed by atoms with Crippen LogP contribution in [0.5, 0.6) is 0 Å². The van der Waals surface area contributed by atoms with Gasteiger partial charge in [-0.15, -0.1) is 11.3 Å². The quantitative estimate of drug-likeness (QED) is 0.821. The van der Waals surface area contributed by atoms with Gasteiger partial charge in [-0.1, -0.05) is 18.6 Å². The summed E-state index contributed by atoms with van der Waals surface area (Å²) in [5, 5.41) is 0.652. The standard InChI is InChI=1S/C20H22F3N3OS/c1-11-25-17(18(28-11)12-4-2-6-14(8-12)20(21,22)23)19(27)26-10-13-5-3-7-15(13)16(26)9-24/h2,4,6,8,13,15-16H,3,5,7,9-10,24H2,1H3/t13-,15-,16+/m0/s1. The van der Waals surface area contributed by atoms with Crippen LogP contribution in [0.15, 0.2) is 24.3 Å². The molecule has 3 atom stereocenters. The number of carbonyl (C=O) groups excluding carboxylic acids is 1. The first-order chi connectivity index (χ1) is 13.3. The van der Waals surface area contributed by atoms with Crippen molar-refractivity contribution in [1.29, 1.82) is 0 Å². The lowest BCUT2D eigenvalue weighted by Crippen LogP contribution is -2.43. The maximum Gasteiger partial charge on any atom is 0.416 e. The van der Waals surface area contributed by atoms with Crippen molar-refractivity contribution in [3.63, 3.8) is 0 Å². The van der Waals surface area contributed by atoms with Crippen LogP contribution in [0.1, 0.15) is 40.3 Å². The Morgan fingerprint density at radius 2 is 2.14 bits per heavy atom. The minimum atomic E-state index is -4.43. The van der Waals surface area contributed by atoms with Crippen molar-refractivity contribution < 1.29 is 18.0 Å². The van der Waals surface area contributed by atoms with Gasteiger partial charge in [0.1, 0.15) is 5.69 Å². The summed E-state index contributed by atoms with van der Waals surface area (Å²) in [5.41, 5.74) is 5.85. The van der Waals surface area contributed by atoms with Gasteiger partial charge in [-0.3, -0.25) is 4.79 Å². The normalized spacial score (nSPS) is 24.6. The maximum atomic E-state index is 13.3. The highest BCUT2D eigenvalue weighted by Crippen LogP contribution is 2.43. The van der Waals surface area contributed by atoms with E-state index in [0.29, 0.717) is 40.4 Å². The number of amides is 1. The first-order valence-electron chi connectivity index (χ1n) is 9.45. The molecular formula is C20H22F3N3OS. The molecule has 2 aliphatic rings. The molecule has 2 aromatic rings. The van der Waals surface area contributed by atoms with Crippen LogP contribution in [0.4, 0.5) is 13.2 Å². The van der Waals surface area contributed by atoms with E-state index in [0.717, 1.165) is 25.0 Å². The fourth-order valence-electron chi connectivity index (χ4n) is 4.69. The van der Waals surface area contributed by atoms with Crippen LogP contribution in [-0.4, -0.2) is 34.9 Å². The number of fused-ring (bicyclic) bond motifs is 1. The summed E-state index contributed by atoms with van der Waals surface area (Å²) in [6.07, 6.45) is -1.09. The van der Waals surface area contributed by atoms with Gasteiger partial charge >= 0.3 is 6.18 Å². The Hall–Kier alpha value is -1.93. The molecule has 150 valence electrons. The van der Waals surface area contributed by atoms with Crippen molar-refractivity contribution in [2.24, 2.45) is 17.6 Å². The molecule has 4 rings (SSSR count). The van der Waals surface area contributed by atoms with Crippen LogP contribution in [0, 0.1) is 18.8 Å². The lowest BCUT2D eigenvalue weighted by molar-refractivity contribution is -0.137. The first kappa shape index (κ1) is 19.4. The molecule has 1 amide bonds. The number of likely N-dealkylation sites (tertiary alicyclic amines) is 1. The van der Waals surface area contributed by atoms with Crippen LogP contribution in [-0.2, 0) is 6.18 Å². The monoisotopic (exact) mass is 409 g/mol. The van der Waals surface area contributed by atoms with Crippen LogP contribution >= 0.6 is 11.3 Å². The Kier molecular flexibility index (Phi) is 4.95. The molecule has 0 unspecified atom stereocenters. The molecule has 1 aromatic heterocycles. The molecule has 1 aromatic carbocycles. The third-order valence-corrected chi connectivity index (χ3v) is 6.95. The number of nitrogens with zero attached hydrogens (tertiary/aromatic N) is 2. The second-order valence-corrected chi connectivity index (χ2v) is 8.81. The van der Waals surface area contributed by atoms with Crippen LogP contribution in [0.2, 0.25) is 0 Å². The van der Waals surface area contributed by atoms with E-state index in [-0.39, 0.29) is 17.6 Å². The molecule has 8 heteroatoms. The van der Waals surface area contributed by atoms with Gasteiger partial charge in [-0.2, -0.15) is 13.2 Å². The highest BCUT2D eigenvalue weighted by Gasteiger charge is 2.46. The lowest BCUT2D eigenvalue weighted by Gasteiger charge is -2.26. The molecular weight excluding hydrogens is 387 g/mol. The summed E-state index contributed by atoms with van der Waals surface area (Å²) in [4.78, 5) is 20.0. The number of thiazole rings is 1. The molecule has 1 saturated carbocycles. The molecule has 1 aliphatic heterocycles. The second kappa shape index (κ2) is 7.15. The minimum absolute atomic E-state index is 0.0173. The fourth-order valence-corrected chi connectivity index (χ4v) is 5.60. The number of hydrogen-bond acceptors (Lipinski definition) is 4. The number of hydrogen-bond donors (Lipinski definition) is 1. The third kappa shape index (κ3) is 3.33. The zero-order valence-corrected chi connectivity index (χ0v) is 16.3. The topological polar surface area (TPSA) is 59.2 Å². The predicted octanol–water partition coefficient (Wildman–Crippen LogP) is 4.34. The summed E-state index contributed by atoms with van der Waals surface area (Å²) in [6.45, 7) is 2.82. The van der Waals surface area contributed by atoms with Gasteiger partial charge in [0.05, 0.1) is 15.4 Å². The van der Waals surface area contributed by atoms with Crippen molar-refractivity contribution in [1.82, 2.24) is 9.88 Å². The molecule has 4 nitrogen and oxygen atoms in total. The van der Waals surface area contributed by atoms with E-state index in [1.165, 1.54) is 23.8 Å². The molecule has 2 heterocycles. The SMILES string of the molecule is Cc1nc(C(=O)N2C[C@@H]3CCC[C@@H]3[C@H]2CN)c(-c2cccc(C(F)(F)F)c2)s1. The highest BCUT2D eigenvalue weighted by molar-refractivity contribution is 7.15. The number of benzene rings is 1. The number of aromatic nitrogens is 1. The Morgan fingerprint density at radius 1 is 1.36 bits per heavy atom. The highest BCUT2D eigenvalue weighted by atomic mass is 32.1. The lowest BCUT2D eigenvalue weighted by atomic mass is 9.94. The van der Waals surface area contributed by atoms with Crippen LogP contribution in [0.25, 0.3) is 10.4 Å². The van der Waals surface area contributed by atoms with Crippen molar-refractivity contribution >= 4 is 17.2 Å². The zero-order valence-electron chi connectivity index (χ0n) is 15.5. The van der Waals surface area contributed by atoms with Crippen molar-refractivity contribution in [2.45, 2.75) is 38.4 Å². The number of halogens is 3. The van der Waals surface area contributed by atoms with Gasteiger partial charge < -0.3 is 10.6 Å². The molecule has 2 fully saturated rings. The van der Waals surface area contributed by atoms with Gasteiger partial charge in [0, 0.05) is 19.1 Å². The molecule has 28 heavy (non-hydrogen) atoms. The molecule has 0 spiro atoms. The summed E-state index contributed by atoms with van der Waals surface area (Å²) >= 11 is 1.25. The number of carbonyl (C=O) groups is 1. The summed E-state index contributed by atoms with van der Waals surface area (Å²) in [7, 11) is 0. The summed E-state index contributed by atoms with van der Waals surface area (Å²) in [5.74, 6) is 0.668. The Morgan fingerprint density at radius 3 is 2.86 bits per heavy atom. The zero-order chi connectivity index (χ0) is 20.1. The molecule has 1 aliphatic carbocycles. The van der Waals surface area contributed by atoms with E-state index in [9.17, 15) is 18.0 Å². The first-order valence-corrected chi connectivity index (χ1v) is 10.3. The largest absolute Gasteiger partial charge is 0.416 e. The maximum absolute atomic E-state index is 13.3. The molecule has 0 radical (unpaired) electrons. The van der Waals surface area contributed by atoms with Crippen molar-refractivity contribution in [3.05, 3.63) is 40.5 Å². The van der Waals surface area contributed by atoms with E-state index >= 15 is 0 Å². The Labute approximate surface area is 165 Å². The minimum Gasteiger partial charge on any atom is -0.332 e. The van der Waals surface area contributed by atoms with E-state index in [2.05, 4.69) is 4.98 Å². The van der Waals surface area contributed by atoms with E-state index in [4.69, 9.17) is 5.73 Å². The number of rotatable bonds is 3. The number of nitrogens with two attached hydrogens (primary N) is 1. The Balaban J connectivity index is 1.70. The summed E-state index contributed by atoms with van der Waals surface area (Å²) in [6, 6.07) is 5.06. The average molecular weight is 409 g/mol. The van der Waals surface area contributed by atoms with E-state index in [1.54, 1.807) is 17.9 Å². The smallest absolute Gasteiger partial charge is 0.332 e. The van der Waals surface area contributed by atoms with E-state index < -0.39 is 11.7 Å². The third-order valence-electron chi connectivity index (χ3n) is 5.93. The number of alkyl halides is 3. The van der Waals surface area contributed by atoms with Gasteiger partial charge in [-0.05, 0) is 49.3 Å². The number of aryl methyl sites for hydroxylation is 1. The van der Waals surface area contributed by atoms with Crippen LogP contribution < -0.4 is 5.73 Å². The van der Waals surface area contributed by atoms with Crippen LogP contribution in [0.3, 0.4) is 0 Å². The molecule has 0 bridgehead atoms. The van der Waals surface area contributed by atoms with Gasteiger partial charge in [-0.25, -0.2) is 4.98 Å². The predicted molar refractivity (Wildman–Crippen MR) is 102 cm³/mol. The Bertz CT molecular complexity index is 895. The van der Waals surface area contributed by atoms with Crippen molar-refractivity contribution in [3.8, 4) is 10.4 Å².